The molecule has 1 saturated heterocycles. The van der Waals surface area contributed by atoms with Crippen molar-refractivity contribution >= 4 is 5.97 Å². The first kappa shape index (κ1) is 11.9. The minimum absolute atomic E-state index is 0.335. The van der Waals surface area contributed by atoms with E-state index in [4.69, 9.17) is 10.8 Å². The molecule has 0 saturated carbocycles. The van der Waals surface area contributed by atoms with Gasteiger partial charge in [-0.1, -0.05) is 6.07 Å². The van der Waals surface area contributed by atoms with E-state index in [1.807, 2.05) is 0 Å². The Balaban J connectivity index is 2.36. The van der Waals surface area contributed by atoms with Gasteiger partial charge >= 0.3 is 5.97 Å². The standard InChI is InChI=1S/C10H11F2N3O2/c11-5-2-1-4(3-6(5)12)7-8(10(16)17)14-15-9(7)13/h1-3,7-9,14-15H,13H2,(H,16,17). The Morgan fingerprint density at radius 2 is 2.00 bits per heavy atom. The van der Waals surface area contributed by atoms with E-state index >= 15 is 0 Å². The highest BCUT2D eigenvalue weighted by atomic mass is 19.2. The van der Waals surface area contributed by atoms with Crippen LogP contribution < -0.4 is 16.6 Å². The largest absolute Gasteiger partial charge is 0.480 e. The van der Waals surface area contributed by atoms with E-state index in [0.717, 1.165) is 12.1 Å². The normalized spacial score (nSPS) is 28.3. The summed E-state index contributed by atoms with van der Waals surface area (Å²) in [6.45, 7) is 0. The first-order valence-corrected chi connectivity index (χ1v) is 4.95. The molecule has 17 heavy (non-hydrogen) atoms. The van der Waals surface area contributed by atoms with Crippen LogP contribution in [0, 0.1) is 11.6 Å². The van der Waals surface area contributed by atoms with Gasteiger partial charge in [0, 0.05) is 5.92 Å². The molecule has 3 unspecified atom stereocenters. The Morgan fingerprint density at radius 3 is 2.59 bits per heavy atom. The van der Waals surface area contributed by atoms with Gasteiger partial charge < -0.3 is 10.8 Å². The topological polar surface area (TPSA) is 87.4 Å². The van der Waals surface area contributed by atoms with Crippen molar-refractivity contribution in [2.45, 2.75) is 18.1 Å². The number of hydrazine groups is 1. The maximum Gasteiger partial charge on any atom is 0.322 e. The highest BCUT2D eigenvalue weighted by Crippen LogP contribution is 2.26. The van der Waals surface area contributed by atoms with E-state index in [1.165, 1.54) is 6.07 Å². The number of aliphatic carboxylic acids is 1. The van der Waals surface area contributed by atoms with Crippen molar-refractivity contribution in [3.63, 3.8) is 0 Å². The van der Waals surface area contributed by atoms with Crippen LogP contribution in [0.25, 0.3) is 0 Å². The lowest BCUT2D eigenvalue weighted by molar-refractivity contribution is -0.139. The van der Waals surface area contributed by atoms with Gasteiger partial charge in [-0.25, -0.2) is 19.6 Å². The van der Waals surface area contributed by atoms with Crippen LogP contribution in [-0.4, -0.2) is 23.3 Å². The van der Waals surface area contributed by atoms with Crippen molar-refractivity contribution in [1.82, 2.24) is 10.9 Å². The molecule has 0 aliphatic carbocycles. The minimum atomic E-state index is -1.11. The van der Waals surface area contributed by atoms with E-state index < -0.39 is 35.7 Å². The number of halogens is 2. The Bertz CT molecular complexity index is 455. The summed E-state index contributed by atoms with van der Waals surface area (Å²) in [7, 11) is 0. The zero-order valence-corrected chi connectivity index (χ0v) is 8.65. The fourth-order valence-electron chi connectivity index (χ4n) is 1.91. The van der Waals surface area contributed by atoms with E-state index in [-0.39, 0.29) is 0 Å². The lowest BCUT2D eigenvalue weighted by Crippen LogP contribution is -2.39. The molecule has 1 aromatic carbocycles. The third-order valence-corrected chi connectivity index (χ3v) is 2.75. The predicted octanol–water partition coefficient (Wildman–Crippen LogP) is -0.106. The van der Waals surface area contributed by atoms with Gasteiger partial charge in [-0.15, -0.1) is 0 Å². The number of nitrogens with two attached hydrogens (primary N) is 1. The summed E-state index contributed by atoms with van der Waals surface area (Å²) in [5, 5.41) is 8.96. The highest BCUT2D eigenvalue weighted by Gasteiger charge is 2.39. The van der Waals surface area contributed by atoms with Crippen molar-refractivity contribution in [2.75, 3.05) is 0 Å². The van der Waals surface area contributed by atoms with Gasteiger partial charge in [-0.3, -0.25) is 4.79 Å². The Hall–Kier alpha value is -1.57. The molecule has 0 amide bonds. The summed E-state index contributed by atoms with van der Waals surface area (Å²) in [4.78, 5) is 11.0. The smallest absolute Gasteiger partial charge is 0.322 e. The number of benzene rings is 1. The van der Waals surface area contributed by atoms with E-state index in [1.54, 1.807) is 0 Å². The second kappa shape index (κ2) is 4.36. The van der Waals surface area contributed by atoms with Gasteiger partial charge in [-0.05, 0) is 17.7 Å². The molecule has 1 aliphatic rings. The van der Waals surface area contributed by atoms with Crippen LogP contribution in [0.1, 0.15) is 11.5 Å². The second-order valence-electron chi connectivity index (χ2n) is 3.83. The van der Waals surface area contributed by atoms with Crippen molar-refractivity contribution in [2.24, 2.45) is 5.73 Å². The number of carboxylic acid groups (broad SMARTS) is 1. The number of rotatable bonds is 2. The van der Waals surface area contributed by atoms with Crippen LogP contribution in [0.2, 0.25) is 0 Å². The zero-order chi connectivity index (χ0) is 12.6. The summed E-state index contributed by atoms with van der Waals surface area (Å²) >= 11 is 0. The number of carbonyl (C=O) groups is 1. The summed E-state index contributed by atoms with van der Waals surface area (Å²) in [6.07, 6.45) is -0.680. The molecule has 1 aliphatic heterocycles. The second-order valence-corrected chi connectivity index (χ2v) is 3.83. The van der Waals surface area contributed by atoms with Crippen molar-refractivity contribution in [3.8, 4) is 0 Å². The SMILES string of the molecule is NC1NNC(C(=O)O)C1c1ccc(F)c(F)c1. The number of hydrogen-bond acceptors (Lipinski definition) is 4. The average molecular weight is 243 g/mol. The molecule has 0 spiro atoms. The van der Waals surface area contributed by atoms with Crippen LogP contribution in [0.4, 0.5) is 8.78 Å². The van der Waals surface area contributed by atoms with E-state index in [2.05, 4.69) is 10.9 Å². The fourth-order valence-corrected chi connectivity index (χ4v) is 1.91. The maximum atomic E-state index is 13.1. The van der Waals surface area contributed by atoms with Crippen molar-refractivity contribution in [3.05, 3.63) is 35.4 Å². The molecule has 92 valence electrons. The predicted molar refractivity (Wildman–Crippen MR) is 54.8 cm³/mol. The summed E-state index contributed by atoms with van der Waals surface area (Å²) in [5.74, 6) is -3.78. The molecule has 1 heterocycles. The van der Waals surface area contributed by atoms with Gasteiger partial charge in [0.2, 0.25) is 0 Å². The monoisotopic (exact) mass is 243 g/mol. The lowest BCUT2D eigenvalue weighted by Gasteiger charge is -2.18. The summed E-state index contributed by atoms with van der Waals surface area (Å²) < 4.78 is 25.9. The molecule has 5 N–H and O–H groups in total. The minimum Gasteiger partial charge on any atom is -0.480 e. The van der Waals surface area contributed by atoms with Gasteiger partial charge in [0.25, 0.3) is 0 Å². The summed E-state index contributed by atoms with van der Waals surface area (Å²) in [5.41, 5.74) is 11.1. The Kier molecular flexibility index (Phi) is 3.05. The molecule has 0 aromatic heterocycles. The fraction of sp³-hybridized carbons (Fsp3) is 0.300. The Labute approximate surface area is 95.6 Å². The van der Waals surface area contributed by atoms with E-state index in [9.17, 15) is 13.6 Å². The van der Waals surface area contributed by atoms with E-state index in [0.29, 0.717) is 5.56 Å². The molecule has 7 heteroatoms. The first-order chi connectivity index (χ1) is 8.00. The first-order valence-electron chi connectivity index (χ1n) is 4.95. The van der Waals surface area contributed by atoms with Crippen LogP contribution >= 0.6 is 0 Å². The summed E-state index contributed by atoms with van der Waals surface area (Å²) in [6, 6.07) is 2.27. The van der Waals surface area contributed by atoms with Crippen molar-refractivity contribution in [1.29, 1.82) is 0 Å². The number of hydrogen-bond donors (Lipinski definition) is 4. The van der Waals surface area contributed by atoms with Gasteiger partial charge in [0.1, 0.15) is 6.04 Å². The van der Waals surface area contributed by atoms with Crippen LogP contribution in [0.5, 0.6) is 0 Å². The lowest BCUT2D eigenvalue weighted by atomic mass is 9.91. The number of nitrogens with one attached hydrogen (secondary N) is 2. The van der Waals surface area contributed by atoms with Crippen molar-refractivity contribution < 1.29 is 18.7 Å². The zero-order valence-electron chi connectivity index (χ0n) is 8.65. The van der Waals surface area contributed by atoms with Gasteiger partial charge in [0.15, 0.2) is 11.6 Å². The van der Waals surface area contributed by atoms with Crippen LogP contribution in [0.3, 0.4) is 0 Å². The highest BCUT2D eigenvalue weighted by molar-refractivity contribution is 5.75. The van der Waals surface area contributed by atoms with Crippen LogP contribution in [-0.2, 0) is 4.79 Å². The molecule has 1 aromatic rings. The molecular formula is C10H11F2N3O2. The van der Waals surface area contributed by atoms with Crippen LogP contribution in [0.15, 0.2) is 18.2 Å². The maximum absolute atomic E-state index is 13.1. The molecule has 1 fully saturated rings. The quantitative estimate of drug-likeness (QED) is 0.582. The molecule has 3 atom stereocenters. The van der Waals surface area contributed by atoms with Gasteiger partial charge in [-0.2, -0.15) is 0 Å². The third-order valence-electron chi connectivity index (χ3n) is 2.75. The number of carboxylic acids is 1. The molecule has 0 bridgehead atoms. The van der Waals surface area contributed by atoms with Gasteiger partial charge in [0.05, 0.1) is 6.17 Å². The molecule has 2 rings (SSSR count). The average Bonchev–Trinajstić information content (AvgIpc) is 2.64. The molecule has 5 nitrogen and oxygen atoms in total. The third kappa shape index (κ3) is 2.12. The Morgan fingerprint density at radius 1 is 1.29 bits per heavy atom. The molecular weight excluding hydrogens is 232 g/mol. The molecule has 0 radical (unpaired) electrons.